The molecule has 4 heterocycles. The van der Waals surface area contributed by atoms with Crippen LogP contribution in [0.3, 0.4) is 0 Å². The summed E-state index contributed by atoms with van der Waals surface area (Å²) < 4.78 is 74.4. The maximum absolute atomic E-state index is 8.12. The van der Waals surface area contributed by atoms with Gasteiger partial charge < -0.3 is 45.5 Å². The van der Waals surface area contributed by atoms with Gasteiger partial charge >= 0.3 is 12.3 Å². The summed E-state index contributed by atoms with van der Waals surface area (Å²) in [5.74, 6) is 0. The van der Waals surface area contributed by atoms with E-state index in [1.807, 2.05) is 0 Å². The van der Waals surface area contributed by atoms with E-state index in [1.54, 1.807) is 0 Å². The van der Waals surface area contributed by atoms with Crippen LogP contribution in [0.5, 0.6) is 0 Å². The van der Waals surface area contributed by atoms with Gasteiger partial charge in [-0.1, -0.05) is 192 Å². The average molecular weight is 1490 g/mol. The van der Waals surface area contributed by atoms with Crippen LogP contribution in [0.15, 0.2) is 21.9 Å². The molecule has 0 aliphatic carbocycles. The van der Waals surface area contributed by atoms with Crippen LogP contribution in [0.25, 0.3) is 0 Å². The Morgan fingerprint density at radius 2 is 0.652 bits per heavy atom. The second kappa shape index (κ2) is 33.1. The third-order valence-electron chi connectivity index (χ3n) is 21.6. The smallest absolute Gasteiger partial charge is 0.373 e. The zero-order valence-corrected chi connectivity index (χ0v) is 72.4. The number of halogens is 1. The Kier molecular flexibility index (Phi) is 32.4. The Labute approximate surface area is 566 Å². The van der Waals surface area contributed by atoms with Gasteiger partial charge in [-0.3, -0.25) is 0 Å². The molecule has 0 aromatic carbocycles. The Balaban J connectivity index is 0.000000819. The first-order chi connectivity index (χ1) is 39.7. The van der Waals surface area contributed by atoms with Gasteiger partial charge in [-0.15, -0.1) is 0 Å². The van der Waals surface area contributed by atoms with Crippen molar-refractivity contribution in [1.82, 2.24) is 0 Å². The van der Waals surface area contributed by atoms with E-state index in [-0.39, 0.29) is 128 Å². The molecule has 0 aromatic rings. The zero-order chi connectivity index (χ0) is 70.1. The summed E-state index contributed by atoms with van der Waals surface area (Å²) in [4.78, 5) is 32.5. The third-order valence-corrected chi connectivity index (χ3v) is 50.1. The number of rotatable bonds is 19. The van der Waals surface area contributed by atoms with Crippen molar-refractivity contribution in [2.75, 3.05) is 0 Å². The molecule has 0 amide bonds. The van der Waals surface area contributed by atoms with Crippen molar-refractivity contribution in [1.29, 1.82) is 0 Å². The highest BCUT2D eigenvalue weighted by atomic mass is 127. The average Bonchev–Trinajstić information content (AvgIpc) is 0.796. The third kappa shape index (κ3) is 24.5. The summed E-state index contributed by atoms with van der Waals surface area (Å²) in [6, 6.07) is 0. The fraction of sp³-hybridized carbons (Fsp3) is 0.910. The monoisotopic (exact) mass is 1490 g/mol. The first kappa shape index (κ1) is 87.1. The van der Waals surface area contributed by atoms with Crippen molar-refractivity contribution in [2.24, 2.45) is 0 Å². The lowest BCUT2D eigenvalue weighted by atomic mass is 9.87. The molecule has 0 unspecified atom stereocenters. The number of carbonyl (C=O) groups excluding carboxylic acids is 4. The molecule has 522 valence electrons. The minimum atomic E-state index is -2.24. The molecule has 0 bridgehead atoms. The van der Waals surface area contributed by atoms with Gasteiger partial charge in [0, 0.05) is 0 Å². The highest BCUT2D eigenvalue weighted by molar-refractivity contribution is 14.1. The number of hydrogen-bond donors (Lipinski definition) is 0. The number of fused-ring (bicyclic) bond motifs is 2. The van der Waals surface area contributed by atoms with E-state index < -0.39 is 58.0 Å². The normalized spacial score (nSPS) is 28.1. The molecule has 0 N–H and O–H groups in total. The van der Waals surface area contributed by atoms with E-state index in [9.17, 15) is 0 Å². The van der Waals surface area contributed by atoms with E-state index >= 15 is 0 Å². The SMILES string of the molecule is CC[C@H]1CC[C@@H]2O[C@@H]([C@H](/C=C/I)O[Si](C)(C)C(C)(C)C)[C@@H](O[Si](C)(C)C(C)(C)C)[C@@H](O[Si](C)(C)C(C)(C)C)[C@H]2O1.CC[C@H]1CC[C@@H]2O[C@@H]([C@H](/C=C/[Si](C)(C)C)O[Si](C)(C)C(C)(C)C)[C@@H](O[Si](C)(C)C(C)(C)C)[C@@H](O[Si](C)(C)C(C)(C)C)[C@H]2O1.O=C=O.O=C=O. The second-order valence-corrected chi connectivity index (χ2v) is 70.3. The maximum Gasteiger partial charge on any atom is 0.373 e. The molecule has 4 aliphatic rings. The molecule has 89 heavy (non-hydrogen) atoms. The first-order valence-electron chi connectivity index (χ1n) is 33.4. The summed E-state index contributed by atoms with van der Waals surface area (Å²) in [5, 5.41) is 0.367. The Bertz CT molecular complexity index is 2270. The summed E-state index contributed by atoms with van der Waals surface area (Å²) in [7, 11) is -14.6. The van der Waals surface area contributed by atoms with Gasteiger partial charge in [0.2, 0.25) is 0 Å². The summed E-state index contributed by atoms with van der Waals surface area (Å²) >= 11 is 2.32. The first-order valence-corrected chi connectivity index (χ1v) is 55.7. The van der Waals surface area contributed by atoms with E-state index in [0.717, 1.165) is 38.5 Å². The van der Waals surface area contributed by atoms with Gasteiger partial charge in [0.1, 0.15) is 48.8 Å². The summed E-state index contributed by atoms with van der Waals surface area (Å²) in [5.41, 5.74) is 2.44. The van der Waals surface area contributed by atoms with Gasteiger partial charge in [-0.2, -0.15) is 19.2 Å². The van der Waals surface area contributed by atoms with Gasteiger partial charge in [-0.25, -0.2) is 0 Å². The van der Waals surface area contributed by atoms with Gasteiger partial charge in [0.25, 0.3) is 0 Å². The second-order valence-electron chi connectivity index (χ2n) is 36.0. The molecule has 22 heteroatoms. The van der Waals surface area contributed by atoms with Crippen LogP contribution in [-0.4, -0.2) is 156 Å². The predicted molar refractivity (Wildman–Crippen MR) is 392 cm³/mol. The Morgan fingerprint density at radius 3 is 0.876 bits per heavy atom. The lowest BCUT2D eigenvalue weighted by Crippen LogP contribution is -2.69. The van der Waals surface area contributed by atoms with Crippen LogP contribution in [0.4, 0.5) is 0 Å². The molecular weight excluding hydrogens is 1350 g/mol. The largest absolute Gasteiger partial charge is 0.408 e. The fourth-order valence-corrected chi connectivity index (χ4v) is 18.5. The highest BCUT2D eigenvalue weighted by Crippen LogP contribution is 2.50. The van der Waals surface area contributed by atoms with Crippen LogP contribution in [0.1, 0.15) is 177 Å². The summed E-state index contributed by atoms with van der Waals surface area (Å²) in [6.07, 6.45) is 9.18. The number of ether oxygens (including phenoxy) is 4. The number of hydrogen-bond acceptors (Lipinski definition) is 14. The quantitative estimate of drug-likeness (QED) is 0.0887. The van der Waals surface area contributed by atoms with Crippen molar-refractivity contribution >= 4 is 92.9 Å². The molecule has 14 atom stereocenters. The molecule has 0 radical (unpaired) electrons. The van der Waals surface area contributed by atoms with E-state index in [4.69, 9.17) is 64.7 Å². The molecule has 14 nitrogen and oxygen atoms in total. The molecule has 0 spiro atoms. The minimum absolute atomic E-state index is 0.0324. The summed E-state index contributed by atoms with van der Waals surface area (Å²) in [6.45, 7) is 81.5. The van der Waals surface area contributed by atoms with Crippen LogP contribution in [-0.2, 0) is 64.7 Å². The van der Waals surface area contributed by atoms with Crippen molar-refractivity contribution in [3.05, 3.63) is 21.9 Å². The van der Waals surface area contributed by atoms with E-state index in [2.05, 4.69) is 281 Å². The molecular formula is C67H135IO14Si7. The standard InChI is InChI=1S/C34H72O5Si4.C31H63IO5Si3.2CO2/c1-20-25-21-22-26-28(35-25)30(38-42(16,17)33(5,6)7)31(39-43(18,19)34(8,9)10)29(36-26)27(23-24-40(11,12)13)37-41(14,15)32(2,3)4;1-17-22-18-19-23-25(33-22)27(36-39(13,14)30(5,6)7)28(37-40(15,16)31(8,9)10)26(34-23)24(20-21-32)35-38(11,12)29(2,3)4;2*2-1-3/h23-31H,20-22H2,1-19H3;20-28H,17-19H2,1-16H3;;/b24-23+;21-20+;;/t25-,26-,27-,28-,29-,30-,31+;22-,23-,24-,25-,26-,27-,28+;;/m00../s1. The fourth-order valence-electron chi connectivity index (χ4n) is 9.61. The van der Waals surface area contributed by atoms with Crippen molar-refractivity contribution in [3.8, 4) is 0 Å². The molecule has 4 aliphatic heterocycles. The lowest BCUT2D eigenvalue weighted by Gasteiger charge is -2.56. The van der Waals surface area contributed by atoms with Crippen molar-refractivity contribution in [3.63, 3.8) is 0 Å². The molecule has 4 fully saturated rings. The maximum atomic E-state index is 8.12. The van der Waals surface area contributed by atoms with Crippen LogP contribution in [0.2, 0.25) is 128 Å². The van der Waals surface area contributed by atoms with Gasteiger partial charge in [0.15, 0.2) is 49.9 Å². The topological polar surface area (TPSA) is 161 Å². The van der Waals surface area contributed by atoms with E-state index in [0.29, 0.717) is 0 Å². The highest BCUT2D eigenvalue weighted by Gasteiger charge is 2.60. The van der Waals surface area contributed by atoms with Crippen LogP contribution < -0.4 is 0 Å². The minimum Gasteiger partial charge on any atom is -0.408 e. The molecule has 4 saturated heterocycles. The van der Waals surface area contributed by atoms with Crippen LogP contribution >= 0.6 is 22.6 Å². The predicted octanol–water partition coefficient (Wildman–Crippen LogP) is 19.0. The van der Waals surface area contributed by atoms with Crippen molar-refractivity contribution < 1.29 is 64.7 Å². The molecule has 0 saturated carbocycles. The van der Waals surface area contributed by atoms with Crippen molar-refractivity contribution in [2.45, 2.75) is 391 Å². The molecule has 0 aromatic heterocycles. The Hall–Kier alpha value is 0.0882. The van der Waals surface area contributed by atoms with E-state index in [1.165, 1.54) is 0 Å². The molecule has 4 rings (SSSR count). The Morgan fingerprint density at radius 1 is 0.404 bits per heavy atom. The van der Waals surface area contributed by atoms with Gasteiger partial charge in [0.05, 0.1) is 44.7 Å². The van der Waals surface area contributed by atoms with Crippen LogP contribution in [0, 0.1) is 0 Å². The van der Waals surface area contributed by atoms with Gasteiger partial charge in [-0.05, 0) is 157 Å². The zero-order valence-electron chi connectivity index (χ0n) is 63.2. The lowest BCUT2D eigenvalue weighted by molar-refractivity contribution is -0.266.